The van der Waals surface area contributed by atoms with Gasteiger partial charge in [-0.3, -0.25) is 9.59 Å². The van der Waals surface area contributed by atoms with Gasteiger partial charge in [-0.15, -0.1) is 0 Å². The van der Waals surface area contributed by atoms with E-state index in [0.717, 1.165) is 16.7 Å². The molecule has 7 heteroatoms. The molecule has 0 fully saturated rings. The molecule has 1 amide bonds. The van der Waals surface area contributed by atoms with E-state index in [2.05, 4.69) is 20.7 Å². The topological polar surface area (TPSA) is 108 Å². The van der Waals surface area contributed by atoms with Gasteiger partial charge in [0.05, 0.1) is 11.6 Å². The molecule has 2 aromatic carbocycles. The molecule has 0 aliphatic rings. The first kappa shape index (κ1) is 20.3. The molecule has 7 nitrogen and oxygen atoms in total. The number of aromatic nitrogens is 3. The van der Waals surface area contributed by atoms with Gasteiger partial charge in [0.1, 0.15) is 0 Å². The summed E-state index contributed by atoms with van der Waals surface area (Å²) in [5.41, 5.74) is 2.43. The van der Waals surface area contributed by atoms with Crippen LogP contribution in [0.2, 0.25) is 0 Å². The van der Waals surface area contributed by atoms with Gasteiger partial charge in [0.15, 0.2) is 5.69 Å². The minimum atomic E-state index is -0.980. The number of hydrogen-bond donors (Lipinski definition) is 3. The molecule has 150 valence electrons. The van der Waals surface area contributed by atoms with Crippen LogP contribution in [-0.2, 0) is 11.2 Å². The summed E-state index contributed by atoms with van der Waals surface area (Å²) in [5.74, 6) is -1.29. The lowest BCUT2D eigenvalue weighted by Gasteiger charge is -2.27. The monoisotopic (exact) mass is 392 g/mol. The van der Waals surface area contributed by atoms with E-state index < -0.39 is 11.4 Å². The molecular weight excluding hydrogens is 368 g/mol. The summed E-state index contributed by atoms with van der Waals surface area (Å²) >= 11 is 0. The Morgan fingerprint density at radius 2 is 1.72 bits per heavy atom. The molecule has 1 unspecified atom stereocenters. The number of nitrogens with one attached hydrogen (secondary N) is 2. The highest BCUT2D eigenvalue weighted by Gasteiger charge is 2.31. The van der Waals surface area contributed by atoms with Gasteiger partial charge in [-0.2, -0.15) is 15.4 Å². The van der Waals surface area contributed by atoms with Crippen molar-refractivity contribution in [3.63, 3.8) is 0 Å². The first-order chi connectivity index (χ1) is 13.8. The Morgan fingerprint density at radius 1 is 1.07 bits per heavy atom. The molecule has 3 aromatic rings. The third kappa shape index (κ3) is 5.28. The summed E-state index contributed by atoms with van der Waals surface area (Å²) < 4.78 is 0. The fraction of sp³-hybridized carbons (Fsp3) is 0.273. The van der Waals surface area contributed by atoms with Crippen molar-refractivity contribution in [3.05, 3.63) is 72.1 Å². The Labute approximate surface area is 169 Å². The molecule has 0 saturated heterocycles. The van der Waals surface area contributed by atoms with Crippen LogP contribution in [-0.4, -0.2) is 38.4 Å². The summed E-state index contributed by atoms with van der Waals surface area (Å²) in [6, 6.07) is 17.8. The Balaban J connectivity index is 1.76. The van der Waals surface area contributed by atoms with Gasteiger partial charge in [0.25, 0.3) is 5.91 Å². The van der Waals surface area contributed by atoms with Gasteiger partial charge >= 0.3 is 5.97 Å². The number of carbonyl (C=O) groups is 2. The quantitative estimate of drug-likeness (QED) is 0.545. The van der Waals surface area contributed by atoms with E-state index in [0.29, 0.717) is 6.42 Å². The number of benzene rings is 2. The van der Waals surface area contributed by atoms with Crippen molar-refractivity contribution in [1.82, 2.24) is 20.7 Å². The van der Waals surface area contributed by atoms with E-state index in [9.17, 15) is 14.7 Å². The van der Waals surface area contributed by atoms with E-state index >= 15 is 0 Å². The average Bonchev–Trinajstić information content (AvgIpc) is 3.24. The van der Waals surface area contributed by atoms with E-state index in [1.807, 2.05) is 54.6 Å². The summed E-state index contributed by atoms with van der Waals surface area (Å²) in [6.07, 6.45) is 2.13. The molecule has 0 aliphatic heterocycles. The van der Waals surface area contributed by atoms with Gasteiger partial charge < -0.3 is 10.4 Å². The number of amides is 1. The van der Waals surface area contributed by atoms with Crippen molar-refractivity contribution < 1.29 is 14.7 Å². The number of hydrogen-bond acceptors (Lipinski definition) is 4. The smallest absolute Gasteiger partial charge is 0.309 e. The van der Waals surface area contributed by atoms with Crippen LogP contribution in [0.3, 0.4) is 0 Å². The third-order valence-electron chi connectivity index (χ3n) is 4.86. The van der Waals surface area contributed by atoms with Crippen molar-refractivity contribution in [3.8, 4) is 11.1 Å². The molecule has 0 bridgehead atoms. The fourth-order valence-electron chi connectivity index (χ4n) is 3.20. The van der Waals surface area contributed by atoms with Crippen LogP contribution in [0.1, 0.15) is 36.3 Å². The third-order valence-corrected chi connectivity index (χ3v) is 4.86. The van der Waals surface area contributed by atoms with Gasteiger partial charge in [-0.05, 0) is 43.4 Å². The van der Waals surface area contributed by atoms with Crippen molar-refractivity contribution in [2.75, 3.05) is 0 Å². The first-order valence-electron chi connectivity index (χ1n) is 9.39. The largest absolute Gasteiger partial charge is 0.481 e. The molecule has 1 heterocycles. The fourth-order valence-corrected chi connectivity index (χ4v) is 3.20. The Bertz CT molecular complexity index is 951. The highest BCUT2D eigenvalue weighted by Crippen LogP contribution is 2.25. The molecule has 0 aliphatic carbocycles. The maximum absolute atomic E-state index is 12.4. The van der Waals surface area contributed by atoms with Crippen molar-refractivity contribution in [2.24, 2.45) is 5.41 Å². The minimum absolute atomic E-state index is 0.169. The predicted molar refractivity (Wildman–Crippen MR) is 109 cm³/mol. The second-order valence-corrected chi connectivity index (χ2v) is 7.69. The minimum Gasteiger partial charge on any atom is -0.481 e. The molecule has 29 heavy (non-hydrogen) atoms. The van der Waals surface area contributed by atoms with Crippen molar-refractivity contribution in [1.29, 1.82) is 0 Å². The lowest BCUT2D eigenvalue weighted by Crippen LogP contribution is -2.41. The summed E-state index contributed by atoms with van der Waals surface area (Å²) in [4.78, 5) is 24.0. The second kappa shape index (κ2) is 8.68. The van der Waals surface area contributed by atoms with Crippen LogP contribution in [0.4, 0.5) is 0 Å². The van der Waals surface area contributed by atoms with Gasteiger partial charge in [-0.25, -0.2) is 0 Å². The van der Waals surface area contributed by atoms with Crippen molar-refractivity contribution in [2.45, 2.75) is 32.7 Å². The zero-order valence-corrected chi connectivity index (χ0v) is 16.4. The number of carbonyl (C=O) groups excluding carboxylic acids is 1. The number of carboxylic acid groups (broad SMARTS) is 1. The van der Waals surface area contributed by atoms with Crippen LogP contribution in [0.5, 0.6) is 0 Å². The summed E-state index contributed by atoms with van der Waals surface area (Å²) in [5, 5.41) is 22.2. The van der Waals surface area contributed by atoms with Gasteiger partial charge in [0.2, 0.25) is 0 Å². The first-order valence-corrected chi connectivity index (χ1v) is 9.39. The number of rotatable bonds is 8. The molecular formula is C22H24N4O3. The van der Waals surface area contributed by atoms with Gasteiger partial charge in [-0.1, -0.05) is 54.6 Å². The highest BCUT2D eigenvalue weighted by molar-refractivity contribution is 5.92. The molecule has 1 atom stereocenters. The summed E-state index contributed by atoms with van der Waals surface area (Å²) in [7, 11) is 0. The van der Waals surface area contributed by atoms with E-state index in [1.54, 1.807) is 13.8 Å². The second-order valence-electron chi connectivity index (χ2n) is 7.69. The maximum atomic E-state index is 12.4. The van der Waals surface area contributed by atoms with E-state index in [-0.39, 0.29) is 24.1 Å². The Hall–Kier alpha value is -3.48. The van der Waals surface area contributed by atoms with Gasteiger partial charge in [0, 0.05) is 6.04 Å². The predicted octanol–water partition coefficient (Wildman–Crippen LogP) is 3.31. The van der Waals surface area contributed by atoms with Crippen LogP contribution < -0.4 is 5.32 Å². The molecule has 3 N–H and O–H groups in total. The normalized spacial score (nSPS) is 12.3. The van der Waals surface area contributed by atoms with E-state index in [1.165, 1.54) is 6.20 Å². The number of aliphatic carboxylic acids is 1. The standard InChI is InChI=1S/C22H24N4O3/c1-22(2,21(28)29)13-18(24-20(27)19-14-23-26-25-19)12-15-8-10-17(11-9-15)16-6-4-3-5-7-16/h3-11,14,18H,12-13H2,1-2H3,(H,24,27)(H,28,29)(H,23,25,26). The number of H-pyrrole nitrogens is 1. The molecule has 3 rings (SSSR count). The number of carboxylic acids is 1. The SMILES string of the molecule is CC(C)(CC(Cc1ccc(-c2ccccc2)cc1)NC(=O)c1cn[nH]n1)C(=O)O. The van der Waals surface area contributed by atoms with Crippen LogP contribution in [0, 0.1) is 5.41 Å². The molecule has 0 radical (unpaired) electrons. The van der Waals surface area contributed by atoms with Crippen molar-refractivity contribution >= 4 is 11.9 Å². The molecule has 1 aromatic heterocycles. The summed E-state index contributed by atoms with van der Waals surface area (Å²) in [6.45, 7) is 3.31. The average molecular weight is 392 g/mol. The Kier molecular flexibility index (Phi) is 6.07. The van der Waals surface area contributed by atoms with E-state index in [4.69, 9.17) is 0 Å². The zero-order valence-electron chi connectivity index (χ0n) is 16.4. The number of nitrogens with zero attached hydrogens (tertiary/aromatic N) is 2. The zero-order chi connectivity index (χ0) is 20.9. The van der Waals surface area contributed by atoms with Crippen LogP contribution >= 0.6 is 0 Å². The Morgan fingerprint density at radius 3 is 2.31 bits per heavy atom. The number of aromatic amines is 1. The lowest BCUT2D eigenvalue weighted by atomic mass is 9.83. The molecule has 0 saturated carbocycles. The highest BCUT2D eigenvalue weighted by atomic mass is 16.4. The maximum Gasteiger partial charge on any atom is 0.309 e. The van der Waals surface area contributed by atoms with Crippen LogP contribution in [0.15, 0.2) is 60.8 Å². The lowest BCUT2D eigenvalue weighted by molar-refractivity contribution is -0.147. The van der Waals surface area contributed by atoms with Crippen LogP contribution in [0.25, 0.3) is 11.1 Å². The molecule has 0 spiro atoms.